The van der Waals surface area contributed by atoms with Crippen LogP contribution in [-0.2, 0) is 25.5 Å². The van der Waals surface area contributed by atoms with E-state index in [-0.39, 0.29) is 35.1 Å². The smallest absolute Gasteiger partial charge is 0.338 e. The van der Waals surface area contributed by atoms with Crippen LogP contribution in [0.1, 0.15) is 37.7 Å². The third-order valence-corrected chi connectivity index (χ3v) is 8.35. The molecular formula is C34H39F2N4O6+. The number of likely N-dealkylation sites (N-methyl/N-ethyl adjacent to an activating group) is 2. The Morgan fingerprint density at radius 3 is 2.30 bits per heavy atom. The van der Waals surface area contributed by atoms with Gasteiger partial charge in [-0.3, -0.25) is 9.59 Å². The number of methoxy groups -OCH3 is 1. The third kappa shape index (κ3) is 8.05. The molecule has 2 N–H and O–H groups in total. The highest BCUT2D eigenvalue weighted by atomic mass is 19.1. The highest BCUT2D eigenvalue weighted by molar-refractivity contribution is 5.97. The van der Waals surface area contributed by atoms with Gasteiger partial charge in [0, 0.05) is 31.6 Å². The number of benzene rings is 3. The van der Waals surface area contributed by atoms with E-state index in [2.05, 4.69) is 10.6 Å². The van der Waals surface area contributed by atoms with Gasteiger partial charge in [0.2, 0.25) is 0 Å². The fourth-order valence-corrected chi connectivity index (χ4v) is 5.76. The zero-order valence-electron chi connectivity index (χ0n) is 26.2. The van der Waals surface area contributed by atoms with Gasteiger partial charge in [-0.15, -0.1) is 0 Å². The number of hydrogen-bond acceptors (Lipinski definition) is 6. The van der Waals surface area contributed by atoms with Gasteiger partial charge in [0.05, 0.1) is 20.6 Å². The Kier molecular flexibility index (Phi) is 11.4. The molecule has 1 aliphatic rings. The van der Waals surface area contributed by atoms with E-state index in [1.165, 1.54) is 20.2 Å². The number of quaternary nitrogens is 1. The highest BCUT2D eigenvalue weighted by Gasteiger charge is 2.44. The minimum atomic E-state index is -0.881. The van der Waals surface area contributed by atoms with Gasteiger partial charge in [0.1, 0.15) is 29.9 Å². The predicted octanol–water partition coefficient (Wildman–Crippen LogP) is 5.34. The first-order valence-corrected chi connectivity index (χ1v) is 15.1. The monoisotopic (exact) mass is 637 g/mol. The van der Waals surface area contributed by atoms with Crippen LogP contribution < -0.4 is 24.8 Å². The standard InChI is InChI=1S/C34H38F2N4O6/c1-39(33-26(35)15-10-16-27(33)36)30(41)22-46-29-18-8-7-17-28(29)40(2,25-13-5-4-6-14-25)31(42)21-37-34(44)38-24-12-9-11-23(19-24)20-32(43)45-3/h7-12,15-19,25H,4-6,13-14,20-22H2,1-3H3,(H-,37,38,44)/p+1. The second-order valence-corrected chi connectivity index (χ2v) is 11.3. The maximum atomic E-state index is 14.3. The Bertz CT molecular complexity index is 1560. The van der Waals surface area contributed by atoms with Gasteiger partial charge in [-0.2, -0.15) is 0 Å². The minimum absolute atomic E-state index is 0.0484. The fourth-order valence-electron chi connectivity index (χ4n) is 5.76. The lowest BCUT2D eigenvalue weighted by Gasteiger charge is -2.41. The number of ether oxygens (including phenoxy) is 2. The first-order chi connectivity index (χ1) is 22.0. The van der Waals surface area contributed by atoms with Crippen molar-refractivity contribution in [3.8, 4) is 5.75 Å². The molecule has 0 saturated heterocycles. The summed E-state index contributed by atoms with van der Waals surface area (Å²) in [4.78, 5) is 52.3. The number of hydrogen-bond donors (Lipinski definition) is 2. The molecule has 4 amide bonds. The van der Waals surface area contributed by atoms with E-state index in [0.717, 1.165) is 49.1 Å². The number of para-hydroxylation sites is 3. The Morgan fingerprint density at radius 1 is 0.935 bits per heavy atom. The molecule has 10 nitrogen and oxygen atoms in total. The second kappa shape index (κ2) is 15.4. The number of carbonyl (C=O) groups is 4. The molecule has 0 aliphatic heterocycles. The van der Waals surface area contributed by atoms with Crippen LogP contribution in [0.15, 0.2) is 66.7 Å². The van der Waals surface area contributed by atoms with Crippen molar-refractivity contribution in [2.75, 3.05) is 44.6 Å². The van der Waals surface area contributed by atoms with E-state index in [0.29, 0.717) is 16.9 Å². The zero-order valence-corrected chi connectivity index (χ0v) is 26.2. The normalized spacial score (nSPS) is 14.5. The van der Waals surface area contributed by atoms with Crippen LogP contribution in [0.2, 0.25) is 0 Å². The molecule has 12 heteroatoms. The number of nitrogens with zero attached hydrogens (tertiary/aromatic N) is 2. The number of anilines is 2. The summed E-state index contributed by atoms with van der Waals surface area (Å²) in [6.07, 6.45) is 4.50. The summed E-state index contributed by atoms with van der Waals surface area (Å²) in [7, 11) is 4.34. The number of esters is 1. The Labute approximate surface area is 266 Å². The third-order valence-electron chi connectivity index (χ3n) is 8.35. The SMILES string of the molecule is COC(=O)Cc1cccc(NC(=O)NCC(=O)[N+](C)(c2ccccc2OCC(=O)N(C)c2c(F)cccc2F)C2CCCCC2)c1. The van der Waals surface area contributed by atoms with E-state index in [1.807, 2.05) is 0 Å². The zero-order chi connectivity index (χ0) is 33.3. The van der Waals surface area contributed by atoms with Crippen molar-refractivity contribution in [1.29, 1.82) is 0 Å². The van der Waals surface area contributed by atoms with Crippen molar-refractivity contribution in [2.45, 2.75) is 44.6 Å². The lowest BCUT2D eigenvalue weighted by Crippen LogP contribution is -2.61. The van der Waals surface area contributed by atoms with Gasteiger partial charge in [0.15, 0.2) is 18.0 Å². The molecule has 0 aromatic heterocycles. The van der Waals surface area contributed by atoms with Crippen molar-refractivity contribution in [3.05, 3.63) is 83.9 Å². The van der Waals surface area contributed by atoms with Crippen molar-refractivity contribution in [3.63, 3.8) is 0 Å². The molecule has 4 rings (SSSR count). The first-order valence-electron chi connectivity index (χ1n) is 15.1. The van der Waals surface area contributed by atoms with Crippen molar-refractivity contribution in [2.24, 2.45) is 0 Å². The maximum absolute atomic E-state index is 14.3. The summed E-state index contributed by atoms with van der Waals surface area (Å²) in [6, 6.07) is 16.2. The average Bonchev–Trinajstić information content (AvgIpc) is 3.06. The average molecular weight is 638 g/mol. The van der Waals surface area contributed by atoms with Gasteiger partial charge >= 0.3 is 17.9 Å². The molecule has 0 bridgehead atoms. The van der Waals surface area contributed by atoms with Crippen LogP contribution in [-0.4, -0.2) is 64.2 Å². The molecular weight excluding hydrogens is 598 g/mol. The summed E-state index contributed by atoms with van der Waals surface area (Å²) in [5.41, 5.74) is 1.12. The van der Waals surface area contributed by atoms with Gasteiger partial charge in [0.25, 0.3) is 5.91 Å². The predicted molar refractivity (Wildman–Crippen MR) is 170 cm³/mol. The number of rotatable bonds is 11. The van der Waals surface area contributed by atoms with Crippen LogP contribution in [0.4, 0.5) is 30.6 Å². The largest absolute Gasteiger partial charge is 0.477 e. The van der Waals surface area contributed by atoms with Crippen LogP contribution >= 0.6 is 0 Å². The van der Waals surface area contributed by atoms with Gasteiger partial charge < -0.3 is 25.0 Å². The molecule has 0 heterocycles. The summed E-state index contributed by atoms with van der Waals surface area (Å²) in [5.74, 6) is -2.89. The molecule has 3 aromatic carbocycles. The van der Waals surface area contributed by atoms with Crippen molar-refractivity contribution >= 4 is 40.9 Å². The molecule has 1 fully saturated rings. The summed E-state index contributed by atoms with van der Waals surface area (Å²) < 4.78 is 39.0. The number of halogens is 2. The van der Waals surface area contributed by atoms with Crippen LogP contribution in [0.5, 0.6) is 5.75 Å². The molecule has 244 valence electrons. The Morgan fingerprint density at radius 2 is 1.61 bits per heavy atom. The van der Waals surface area contributed by atoms with Gasteiger partial charge in [-0.1, -0.05) is 36.8 Å². The highest BCUT2D eigenvalue weighted by Crippen LogP contribution is 2.39. The topological polar surface area (TPSA) is 114 Å². The minimum Gasteiger partial charge on any atom is -0.477 e. The quantitative estimate of drug-likeness (QED) is 0.217. The molecule has 1 atom stereocenters. The molecule has 0 spiro atoms. The second-order valence-electron chi connectivity index (χ2n) is 11.3. The van der Waals surface area contributed by atoms with Gasteiger partial charge in [-0.25, -0.2) is 22.9 Å². The van der Waals surface area contributed by atoms with Crippen LogP contribution in [0, 0.1) is 11.6 Å². The van der Waals surface area contributed by atoms with Crippen molar-refractivity contribution in [1.82, 2.24) is 9.80 Å². The lowest BCUT2D eigenvalue weighted by molar-refractivity contribution is -0.139. The molecule has 0 radical (unpaired) electrons. The van der Waals surface area contributed by atoms with Gasteiger partial charge in [-0.05, 0) is 48.7 Å². The molecule has 46 heavy (non-hydrogen) atoms. The van der Waals surface area contributed by atoms with Crippen LogP contribution in [0.25, 0.3) is 0 Å². The lowest BCUT2D eigenvalue weighted by atomic mass is 9.91. The number of amides is 4. The molecule has 1 aliphatic carbocycles. The molecule has 3 aromatic rings. The summed E-state index contributed by atoms with van der Waals surface area (Å²) in [5, 5.41) is 5.35. The maximum Gasteiger partial charge on any atom is 0.338 e. The van der Waals surface area contributed by atoms with E-state index < -0.39 is 41.8 Å². The first kappa shape index (κ1) is 34.0. The fraction of sp³-hybridized carbons (Fsp3) is 0.353. The van der Waals surface area contributed by atoms with E-state index >= 15 is 0 Å². The van der Waals surface area contributed by atoms with Crippen LogP contribution in [0.3, 0.4) is 0 Å². The van der Waals surface area contributed by atoms with E-state index in [1.54, 1.807) is 55.6 Å². The number of urea groups is 1. The Balaban J connectivity index is 1.50. The number of carbonyl (C=O) groups excluding carboxylic acids is 4. The van der Waals surface area contributed by atoms with E-state index in [4.69, 9.17) is 9.47 Å². The van der Waals surface area contributed by atoms with Crippen molar-refractivity contribution < 1.29 is 37.4 Å². The summed E-state index contributed by atoms with van der Waals surface area (Å²) >= 11 is 0. The molecule has 1 saturated carbocycles. The van der Waals surface area contributed by atoms with E-state index in [9.17, 15) is 28.0 Å². The molecule has 1 unspecified atom stereocenters. The Hall–Kier alpha value is -4.84. The number of nitrogens with one attached hydrogen (secondary N) is 2. The summed E-state index contributed by atoms with van der Waals surface area (Å²) in [6.45, 7) is -0.834.